The summed E-state index contributed by atoms with van der Waals surface area (Å²) in [6.07, 6.45) is 7.92. The predicted molar refractivity (Wildman–Crippen MR) is 106 cm³/mol. The first-order chi connectivity index (χ1) is 11.8. The van der Waals surface area contributed by atoms with Crippen LogP contribution in [0.25, 0.3) is 0 Å². The van der Waals surface area contributed by atoms with Crippen molar-refractivity contribution in [1.29, 1.82) is 0 Å². The summed E-state index contributed by atoms with van der Waals surface area (Å²) in [5.74, 6) is 1.02. The molecule has 24 heavy (non-hydrogen) atoms. The van der Waals surface area contributed by atoms with Gasteiger partial charge in [-0.3, -0.25) is 0 Å². The summed E-state index contributed by atoms with van der Waals surface area (Å²) in [5, 5.41) is 3.45. The van der Waals surface area contributed by atoms with E-state index in [9.17, 15) is 0 Å². The van der Waals surface area contributed by atoms with Crippen LogP contribution in [-0.4, -0.2) is 13.1 Å². The van der Waals surface area contributed by atoms with Gasteiger partial charge in [0.25, 0.3) is 0 Å². The molecule has 0 spiro atoms. The lowest BCUT2D eigenvalue weighted by Gasteiger charge is -2.04. The van der Waals surface area contributed by atoms with Crippen LogP contribution in [0, 0.1) is 12.8 Å². The van der Waals surface area contributed by atoms with Crippen LogP contribution < -0.4 is 5.32 Å². The van der Waals surface area contributed by atoms with E-state index in [1.54, 1.807) is 0 Å². The molecule has 0 aromatic heterocycles. The fourth-order valence-electron chi connectivity index (χ4n) is 2.68. The minimum absolute atomic E-state index is 1.02. The molecule has 1 nitrogen and oxygen atoms in total. The third-order valence-electron chi connectivity index (χ3n) is 4.48. The van der Waals surface area contributed by atoms with Gasteiger partial charge < -0.3 is 5.32 Å². The Hall–Kier alpha value is -1.60. The number of nitrogens with one attached hydrogen (secondary N) is 1. The van der Waals surface area contributed by atoms with Crippen molar-refractivity contribution in [2.75, 3.05) is 13.1 Å². The van der Waals surface area contributed by atoms with Gasteiger partial charge in [-0.05, 0) is 69.2 Å². The van der Waals surface area contributed by atoms with Gasteiger partial charge in [0.15, 0.2) is 0 Å². The van der Waals surface area contributed by atoms with Crippen molar-refractivity contribution >= 4 is 0 Å². The molecule has 1 heteroatoms. The lowest BCUT2D eigenvalue weighted by Crippen LogP contribution is -2.18. The van der Waals surface area contributed by atoms with Crippen LogP contribution in [0.4, 0.5) is 0 Å². The van der Waals surface area contributed by atoms with Crippen LogP contribution in [0.3, 0.4) is 0 Å². The van der Waals surface area contributed by atoms with Gasteiger partial charge in [0.2, 0.25) is 0 Å². The number of rotatable bonds is 8. The van der Waals surface area contributed by atoms with E-state index >= 15 is 0 Å². The van der Waals surface area contributed by atoms with Gasteiger partial charge in [0.05, 0.1) is 0 Å². The van der Waals surface area contributed by atoms with Crippen molar-refractivity contribution < 1.29 is 0 Å². The Balaban J connectivity index is 0.000000182. The molecule has 1 fully saturated rings. The second kappa shape index (κ2) is 11.0. The van der Waals surface area contributed by atoms with Crippen LogP contribution >= 0.6 is 0 Å². The van der Waals surface area contributed by atoms with Gasteiger partial charge in [-0.1, -0.05) is 73.5 Å². The molecule has 0 atom stereocenters. The number of hydrogen-bond acceptors (Lipinski definition) is 1. The fourth-order valence-corrected chi connectivity index (χ4v) is 2.68. The summed E-state index contributed by atoms with van der Waals surface area (Å²) in [5.41, 5.74) is 4.28. The highest BCUT2D eigenvalue weighted by molar-refractivity contribution is 5.21. The van der Waals surface area contributed by atoms with Gasteiger partial charge in [0.1, 0.15) is 0 Å². The van der Waals surface area contributed by atoms with Crippen molar-refractivity contribution in [3.8, 4) is 0 Å². The number of hydrogen-bond donors (Lipinski definition) is 1. The first-order valence-corrected chi connectivity index (χ1v) is 9.58. The summed E-state index contributed by atoms with van der Waals surface area (Å²) < 4.78 is 0. The van der Waals surface area contributed by atoms with Gasteiger partial charge >= 0.3 is 0 Å². The van der Waals surface area contributed by atoms with Gasteiger partial charge in [-0.2, -0.15) is 0 Å². The molecular weight excluding hydrogens is 290 g/mol. The Morgan fingerprint density at radius 1 is 0.875 bits per heavy atom. The summed E-state index contributed by atoms with van der Waals surface area (Å²) in [6.45, 7) is 6.61. The van der Waals surface area contributed by atoms with E-state index in [1.165, 1.54) is 48.8 Å². The Bertz CT molecular complexity index is 540. The molecule has 0 heterocycles. The van der Waals surface area contributed by atoms with Gasteiger partial charge in [0, 0.05) is 0 Å². The van der Waals surface area contributed by atoms with Gasteiger partial charge in [-0.15, -0.1) is 0 Å². The molecule has 0 amide bonds. The lowest BCUT2D eigenvalue weighted by atomic mass is 10.1. The smallest absolute Gasteiger partial charge is 0.000835 e. The summed E-state index contributed by atoms with van der Waals surface area (Å²) in [4.78, 5) is 0. The van der Waals surface area contributed by atoms with Gasteiger partial charge in [-0.25, -0.2) is 0 Å². The fraction of sp³-hybridized carbons (Fsp3) is 0.478. The van der Waals surface area contributed by atoms with Crippen LogP contribution in [0.1, 0.15) is 49.3 Å². The van der Waals surface area contributed by atoms with E-state index in [-0.39, 0.29) is 0 Å². The maximum absolute atomic E-state index is 3.45. The number of benzene rings is 2. The molecule has 0 aliphatic heterocycles. The molecule has 0 unspecified atom stereocenters. The van der Waals surface area contributed by atoms with Crippen molar-refractivity contribution in [3.05, 3.63) is 71.3 Å². The SMILES string of the molecule is CCCCNCCc1ccc(C)cc1.c1ccc(CC2CC2)cc1. The van der Waals surface area contributed by atoms with Crippen LogP contribution in [-0.2, 0) is 12.8 Å². The maximum atomic E-state index is 3.45. The monoisotopic (exact) mass is 323 g/mol. The van der Waals surface area contributed by atoms with Crippen LogP contribution in [0.2, 0.25) is 0 Å². The molecule has 0 radical (unpaired) electrons. The maximum Gasteiger partial charge on any atom is -0.000835 e. The molecule has 1 aliphatic carbocycles. The van der Waals surface area contributed by atoms with E-state index < -0.39 is 0 Å². The molecule has 0 saturated heterocycles. The highest BCUT2D eigenvalue weighted by atomic mass is 14.8. The quantitative estimate of drug-likeness (QED) is 0.627. The van der Waals surface area contributed by atoms with E-state index in [1.807, 2.05) is 0 Å². The third-order valence-corrected chi connectivity index (χ3v) is 4.48. The zero-order valence-corrected chi connectivity index (χ0v) is 15.4. The minimum atomic E-state index is 1.02. The highest BCUT2D eigenvalue weighted by Gasteiger charge is 2.20. The standard InChI is InChI=1S/C13H21N.C10H12/c1-3-4-10-14-11-9-13-7-5-12(2)6-8-13;1-2-4-9(5-3-1)8-10-6-7-10/h5-8,14H,3-4,9-11H2,1-2H3;1-5,10H,6-8H2. The third kappa shape index (κ3) is 8.31. The zero-order valence-electron chi connectivity index (χ0n) is 15.4. The largest absolute Gasteiger partial charge is 0.316 e. The number of unbranched alkanes of at least 4 members (excludes halogenated alkanes) is 1. The van der Waals surface area contributed by atoms with E-state index in [0.717, 1.165) is 25.4 Å². The molecule has 3 rings (SSSR count). The highest BCUT2D eigenvalue weighted by Crippen LogP contribution is 2.32. The van der Waals surface area contributed by atoms with Crippen molar-refractivity contribution in [2.45, 2.75) is 52.4 Å². The molecule has 1 N–H and O–H groups in total. The Labute approximate surface area is 148 Å². The molecule has 2 aromatic carbocycles. The summed E-state index contributed by atoms with van der Waals surface area (Å²) in [6, 6.07) is 19.6. The molecule has 2 aromatic rings. The minimum Gasteiger partial charge on any atom is -0.316 e. The number of aryl methyl sites for hydroxylation is 1. The molecule has 1 aliphatic rings. The predicted octanol–water partition coefficient (Wildman–Crippen LogP) is 5.57. The van der Waals surface area contributed by atoms with Crippen molar-refractivity contribution in [2.24, 2.45) is 5.92 Å². The second-order valence-electron chi connectivity index (χ2n) is 6.97. The second-order valence-corrected chi connectivity index (χ2v) is 6.97. The normalized spacial score (nSPS) is 13.2. The average Bonchev–Trinajstić information content (AvgIpc) is 3.42. The van der Waals surface area contributed by atoms with Crippen LogP contribution in [0.5, 0.6) is 0 Å². The molecular formula is C23H33N. The summed E-state index contributed by atoms with van der Waals surface area (Å²) >= 11 is 0. The molecule has 1 saturated carbocycles. The van der Waals surface area contributed by atoms with Crippen molar-refractivity contribution in [3.63, 3.8) is 0 Å². The average molecular weight is 324 g/mol. The Morgan fingerprint density at radius 3 is 2.21 bits per heavy atom. The van der Waals surface area contributed by atoms with Crippen molar-refractivity contribution in [1.82, 2.24) is 5.32 Å². The Kier molecular flexibility index (Phi) is 8.62. The first kappa shape index (κ1) is 18.7. The van der Waals surface area contributed by atoms with E-state index in [2.05, 4.69) is 73.8 Å². The Morgan fingerprint density at radius 2 is 1.58 bits per heavy atom. The van der Waals surface area contributed by atoms with E-state index in [0.29, 0.717) is 0 Å². The molecule has 0 bridgehead atoms. The van der Waals surface area contributed by atoms with Crippen LogP contribution in [0.15, 0.2) is 54.6 Å². The molecule has 130 valence electrons. The lowest BCUT2D eigenvalue weighted by molar-refractivity contribution is 0.640. The summed E-state index contributed by atoms with van der Waals surface area (Å²) in [7, 11) is 0. The zero-order chi connectivity index (χ0) is 17.0. The van der Waals surface area contributed by atoms with E-state index in [4.69, 9.17) is 0 Å². The topological polar surface area (TPSA) is 12.0 Å². The first-order valence-electron chi connectivity index (χ1n) is 9.58.